The molecule has 2 aliphatic heterocycles. The highest BCUT2D eigenvalue weighted by Gasteiger charge is 2.35. The first-order valence-corrected chi connectivity index (χ1v) is 13.2. The van der Waals surface area contributed by atoms with Gasteiger partial charge in [-0.15, -0.1) is 0 Å². The number of piperidine rings is 1. The van der Waals surface area contributed by atoms with Gasteiger partial charge in [0.1, 0.15) is 5.82 Å². The number of hydrogen-bond donors (Lipinski definition) is 0. The first-order valence-electron chi connectivity index (χ1n) is 11.8. The molecule has 2 saturated heterocycles. The number of benzene rings is 1. The number of nitriles is 1. The summed E-state index contributed by atoms with van der Waals surface area (Å²) < 4.78 is 29.0. The number of nitrogens with zero attached hydrogens (tertiary/aromatic N) is 6. The maximum absolute atomic E-state index is 13.2. The molecule has 2 fully saturated rings. The molecule has 1 amide bonds. The van der Waals surface area contributed by atoms with E-state index in [1.54, 1.807) is 24.7 Å². The average Bonchev–Trinajstić information content (AvgIpc) is 3.04. The van der Waals surface area contributed by atoms with Crippen LogP contribution in [0.3, 0.4) is 0 Å². The zero-order valence-corrected chi connectivity index (χ0v) is 20.7. The van der Waals surface area contributed by atoms with Gasteiger partial charge in [0.15, 0.2) is 5.03 Å². The van der Waals surface area contributed by atoms with Crippen LogP contribution in [0.4, 0.5) is 0 Å². The van der Waals surface area contributed by atoms with Crippen molar-refractivity contribution in [3.63, 3.8) is 0 Å². The zero-order valence-electron chi connectivity index (χ0n) is 19.9. The summed E-state index contributed by atoms with van der Waals surface area (Å²) in [5.41, 5.74) is 1.82. The number of aryl methyl sites for hydroxylation is 2. The standard InChI is InChI=1S/C24H32N6O3S/c1-19-26-23(18-27(19)2)34(32,33)30-12-8-22(9-13-30)24(31)29-11-3-10-28(14-15-29)17-21-6-4-20(16-25)5-7-21/h4-7,18,22H,3,8-15,17H2,1-2H3. The fourth-order valence-electron chi connectivity index (χ4n) is 4.68. The van der Waals surface area contributed by atoms with Crippen molar-refractivity contribution in [2.75, 3.05) is 39.3 Å². The van der Waals surface area contributed by atoms with Crippen LogP contribution in [0.15, 0.2) is 35.5 Å². The number of sulfonamides is 1. The lowest BCUT2D eigenvalue weighted by molar-refractivity contribution is -0.136. The Morgan fingerprint density at radius 1 is 1.09 bits per heavy atom. The van der Waals surface area contributed by atoms with Gasteiger partial charge in [0.05, 0.1) is 11.6 Å². The van der Waals surface area contributed by atoms with Gasteiger partial charge in [0, 0.05) is 65.0 Å². The van der Waals surface area contributed by atoms with Crippen molar-refractivity contribution < 1.29 is 13.2 Å². The van der Waals surface area contributed by atoms with Crippen molar-refractivity contribution in [3.8, 4) is 6.07 Å². The number of rotatable bonds is 5. The van der Waals surface area contributed by atoms with Gasteiger partial charge in [-0.05, 0) is 43.9 Å². The Kier molecular flexibility index (Phi) is 7.36. The number of carbonyl (C=O) groups is 1. The van der Waals surface area contributed by atoms with Gasteiger partial charge < -0.3 is 9.47 Å². The Balaban J connectivity index is 1.29. The van der Waals surface area contributed by atoms with Gasteiger partial charge >= 0.3 is 0 Å². The third-order valence-electron chi connectivity index (χ3n) is 6.88. The Bertz CT molecular complexity index is 1140. The summed E-state index contributed by atoms with van der Waals surface area (Å²) in [4.78, 5) is 21.7. The lowest BCUT2D eigenvalue weighted by Crippen LogP contribution is -2.45. The van der Waals surface area contributed by atoms with E-state index in [-0.39, 0.29) is 16.9 Å². The van der Waals surface area contributed by atoms with Crippen LogP contribution in [-0.4, -0.2) is 77.2 Å². The van der Waals surface area contributed by atoms with E-state index in [0.717, 1.165) is 38.2 Å². The van der Waals surface area contributed by atoms with E-state index in [2.05, 4.69) is 16.0 Å². The molecule has 0 unspecified atom stereocenters. The van der Waals surface area contributed by atoms with E-state index in [1.165, 1.54) is 4.31 Å². The number of imidazole rings is 1. The average molecular weight is 485 g/mol. The van der Waals surface area contributed by atoms with Crippen LogP contribution in [0.5, 0.6) is 0 Å². The molecule has 0 saturated carbocycles. The molecule has 3 heterocycles. The van der Waals surface area contributed by atoms with Gasteiger partial charge in [0.25, 0.3) is 10.0 Å². The fraction of sp³-hybridized carbons (Fsp3) is 0.542. The van der Waals surface area contributed by atoms with Crippen LogP contribution < -0.4 is 0 Å². The minimum absolute atomic E-state index is 0.0761. The number of hydrogen-bond acceptors (Lipinski definition) is 6. The molecular weight excluding hydrogens is 452 g/mol. The molecule has 0 radical (unpaired) electrons. The van der Waals surface area contributed by atoms with Crippen LogP contribution in [0.1, 0.15) is 36.2 Å². The van der Waals surface area contributed by atoms with E-state index in [4.69, 9.17) is 5.26 Å². The second-order valence-corrected chi connectivity index (χ2v) is 11.1. The van der Waals surface area contributed by atoms with Crippen LogP contribution in [0, 0.1) is 24.2 Å². The van der Waals surface area contributed by atoms with Crippen molar-refractivity contribution in [2.45, 2.75) is 37.8 Å². The van der Waals surface area contributed by atoms with Gasteiger partial charge in [-0.25, -0.2) is 13.4 Å². The van der Waals surface area contributed by atoms with Crippen molar-refractivity contribution in [3.05, 3.63) is 47.4 Å². The molecule has 1 aromatic heterocycles. The first kappa shape index (κ1) is 24.4. The normalized spacial score (nSPS) is 19.0. The molecule has 0 N–H and O–H groups in total. The van der Waals surface area contributed by atoms with Gasteiger partial charge in [0.2, 0.25) is 5.91 Å². The van der Waals surface area contributed by atoms with Crippen molar-refractivity contribution in [1.82, 2.24) is 23.7 Å². The predicted molar refractivity (Wildman–Crippen MR) is 127 cm³/mol. The van der Waals surface area contributed by atoms with Crippen LogP contribution in [0.2, 0.25) is 0 Å². The highest BCUT2D eigenvalue weighted by Crippen LogP contribution is 2.25. The third kappa shape index (κ3) is 5.32. The topological polar surface area (TPSA) is 103 Å². The lowest BCUT2D eigenvalue weighted by atomic mass is 9.96. The molecule has 2 aliphatic rings. The van der Waals surface area contributed by atoms with E-state index in [1.807, 2.05) is 29.2 Å². The Morgan fingerprint density at radius 2 is 1.79 bits per heavy atom. The maximum atomic E-state index is 13.2. The molecule has 0 aliphatic carbocycles. The number of aromatic nitrogens is 2. The quantitative estimate of drug-likeness (QED) is 0.641. The van der Waals surface area contributed by atoms with Crippen LogP contribution >= 0.6 is 0 Å². The van der Waals surface area contributed by atoms with Crippen molar-refractivity contribution in [1.29, 1.82) is 5.26 Å². The molecule has 4 rings (SSSR count). The lowest BCUT2D eigenvalue weighted by Gasteiger charge is -2.33. The van der Waals surface area contributed by atoms with Crippen molar-refractivity contribution in [2.24, 2.45) is 13.0 Å². The Morgan fingerprint density at radius 3 is 2.41 bits per heavy atom. The highest BCUT2D eigenvalue weighted by molar-refractivity contribution is 7.89. The summed E-state index contributed by atoms with van der Waals surface area (Å²) >= 11 is 0. The molecule has 182 valence electrons. The zero-order chi connectivity index (χ0) is 24.3. The summed E-state index contributed by atoms with van der Waals surface area (Å²) in [6.45, 7) is 6.39. The van der Waals surface area contributed by atoms with Crippen LogP contribution in [-0.2, 0) is 28.4 Å². The molecule has 0 spiro atoms. The Labute approximate surface area is 201 Å². The molecule has 10 heteroatoms. The summed E-state index contributed by atoms with van der Waals surface area (Å²) in [6.07, 6.45) is 3.53. The summed E-state index contributed by atoms with van der Waals surface area (Å²) in [7, 11) is -1.86. The highest BCUT2D eigenvalue weighted by atomic mass is 32.2. The maximum Gasteiger partial charge on any atom is 0.262 e. The minimum Gasteiger partial charge on any atom is -0.341 e. The van der Waals surface area contributed by atoms with Gasteiger partial charge in [-0.3, -0.25) is 9.69 Å². The monoisotopic (exact) mass is 484 g/mol. The largest absolute Gasteiger partial charge is 0.341 e. The SMILES string of the molecule is Cc1nc(S(=O)(=O)N2CCC(C(=O)N3CCCN(Cc4ccc(C#N)cc4)CC3)CC2)cn1C. The molecule has 1 aromatic carbocycles. The van der Waals surface area contributed by atoms with E-state index in [0.29, 0.717) is 43.9 Å². The number of carbonyl (C=O) groups excluding carboxylic acids is 1. The van der Waals surface area contributed by atoms with E-state index >= 15 is 0 Å². The third-order valence-corrected chi connectivity index (χ3v) is 8.65. The van der Waals surface area contributed by atoms with Gasteiger partial charge in [-0.1, -0.05) is 12.1 Å². The van der Waals surface area contributed by atoms with E-state index < -0.39 is 10.0 Å². The van der Waals surface area contributed by atoms with E-state index in [9.17, 15) is 13.2 Å². The predicted octanol–water partition coefficient (Wildman–Crippen LogP) is 1.74. The summed E-state index contributed by atoms with van der Waals surface area (Å²) in [5.74, 6) is 0.658. The number of amides is 1. The fourth-order valence-corrected chi connectivity index (χ4v) is 6.17. The minimum atomic E-state index is -3.63. The second kappa shape index (κ2) is 10.3. The van der Waals surface area contributed by atoms with Crippen molar-refractivity contribution >= 4 is 15.9 Å². The smallest absolute Gasteiger partial charge is 0.262 e. The molecule has 0 bridgehead atoms. The van der Waals surface area contributed by atoms with Crippen LogP contribution in [0.25, 0.3) is 0 Å². The molecule has 2 aromatic rings. The van der Waals surface area contributed by atoms with Gasteiger partial charge in [-0.2, -0.15) is 9.57 Å². The molecule has 9 nitrogen and oxygen atoms in total. The summed E-state index contributed by atoms with van der Waals surface area (Å²) in [6, 6.07) is 9.79. The Hall–Kier alpha value is -2.74. The molecular formula is C24H32N6O3S. The summed E-state index contributed by atoms with van der Waals surface area (Å²) in [5, 5.41) is 9.04. The second-order valence-electron chi connectivity index (χ2n) is 9.18. The molecule has 34 heavy (non-hydrogen) atoms. The molecule has 0 atom stereocenters. The first-order chi connectivity index (χ1) is 16.3.